The molecular weight excluding hydrogens is 247 g/mol. The number of ether oxygens (including phenoxy) is 2. The molecule has 4 nitrogen and oxygen atoms in total. The number of nitrogens with zero attached hydrogens (tertiary/aromatic N) is 2. The van der Waals surface area contributed by atoms with Gasteiger partial charge in [0.15, 0.2) is 0 Å². The zero-order chi connectivity index (χ0) is 14.1. The summed E-state index contributed by atoms with van der Waals surface area (Å²) in [6.45, 7) is 2.06. The molecule has 0 aromatic heterocycles. The summed E-state index contributed by atoms with van der Waals surface area (Å²) in [6.07, 6.45) is 0. The SMILES string of the molecule is COCCN(CCOC)C(C#N)c1ccccc1F. The minimum Gasteiger partial charge on any atom is -0.383 e. The van der Waals surface area contributed by atoms with Crippen molar-refractivity contribution in [2.24, 2.45) is 0 Å². The molecule has 19 heavy (non-hydrogen) atoms. The second-order valence-electron chi connectivity index (χ2n) is 4.07. The van der Waals surface area contributed by atoms with E-state index in [-0.39, 0.29) is 5.82 Å². The molecule has 1 atom stereocenters. The van der Waals surface area contributed by atoms with Crippen LogP contribution in [0.2, 0.25) is 0 Å². The maximum atomic E-state index is 13.8. The summed E-state index contributed by atoms with van der Waals surface area (Å²) in [5.74, 6) is -0.367. The van der Waals surface area contributed by atoms with Crippen LogP contribution in [-0.2, 0) is 9.47 Å². The van der Waals surface area contributed by atoms with E-state index < -0.39 is 6.04 Å². The molecule has 0 bridgehead atoms. The fourth-order valence-electron chi connectivity index (χ4n) is 1.83. The molecule has 0 aliphatic heterocycles. The topological polar surface area (TPSA) is 45.5 Å². The Kier molecular flexibility index (Phi) is 7.04. The van der Waals surface area contributed by atoms with Crippen molar-refractivity contribution in [2.45, 2.75) is 6.04 Å². The summed E-state index contributed by atoms with van der Waals surface area (Å²) >= 11 is 0. The van der Waals surface area contributed by atoms with Gasteiger partial charge in [0.1, 0.15) is 11.9 Å². The van der Waals surface area contributed by atoms with E-state index in [1.807, 2.05) is 4.90 Å². The third kappa shape index (κ3) is 4.60. The second-order valence-corrected chi connectivity index (χ2v) is 4.07. The number of hydrogen-bond donors (Lipinski definition) is 0. The quantitative estimate of drug-likeness (QED) is 0.722. The molecule has 0 aliphatic rings. The van der Waals surface area contributed by atoms with Crippen LogP contribution in [0.4, 0.5) is 4.39 Å². The average molecular weight is 266 g/mol. The Morgan fingerprint density at radius 3 is 2.26 bits per heavy atom. The lowest BCUT2D eigenvalue weighted by Crippen LogP contribution is -2.34. The molecule has 5 heteroatoms. The Hall–Kier alpha value is -1.48. The van der Waals surface area contributed by atoms with E-state index in [1.54, 1.807) is 32.4 Å². The van der Waals surface area contributed by atoms with E-state index in [9.17, 15) is 9.65 Å². The molecule has 0 amide bonds. The molecule has 0 radical (unpaired) electrons. The minimum absolute atomic E-state index is 0.367. The van der Waals surface area contributed by atoms with Gasteiger partial charge in [0.25, 0.3) is 0 Å². The molecule has 1 aromatic carbocycles. The van der Waals surface area contributed by atoms with Gasteiger partial charge in [-0.25, -0.2) is 4.39 Å². The van der Waals surface area contributed by atoms with Crippen molar-refractivity contribution in [1.29, 1.82) is 5.26 Å². The number of methoxy groups -OCH3 is 2. The van der Waals surface area contributed by atoms with Gasteiger partial charge in [0.05, 0.1) is 19.3 Å². The highest BCUT2D eigenvalue weighted by atomic mass is 19.1. The molecule has 1 aromatic rings. The van der Waals surface area contributed by atoms with Gasteiger partial charge in [-0.05, 0) is 6.07 Å². The molecule has 0 aliphatic carbocycles. The van der Waals surface area contributed by atoms with Crippen LogP contribution in [0.25, 0.3) is 0 Å². The lowest BCUT2D eigenvalue weighted by atomic mass is 10.1. The number of nitriles is 1. The highest BCUT2D eigenvalue weighted by Gasteiger charge is 2.22. The summed E-state index contributed by atoms with van der Waals surface area (Å²) in [4.78, 5) is 1.85. The van der Waals surface area contributed by atoms with Gasteiger partial charge in [-0.1, -0.05) is 18.2 Å². The van der Waals surface area contributed by atoms with Crippen LogP contribution < -0.4 is 0 Å². The van der Waals surface area contributed by atoms with Gasteiger partial charge in [0.2, 0.25) is 0 Å². The Bertz CT molecular complexity index is 412. The van der Waals surface area contributed by atoms with E-state index in [0.29, 0.717) is 31.9 Å². The predicted molar refractivity (Wildman–Crippen MR) is 70.1 cm³/mol. The van der Waals surface area contributed by atoms with E-state index in [0.717, 1.165) is 0 Å². The zero-order valence-corrected chi connectivity index (χ0v) is 11.3. The van der Waals surface area contributed by atoms with E-state index in [1.165, 1.54) is 6.07 Å². The van der Waals surface area contributed by atoms with Gasteiger partial charge in [0, 0.05) is 32.9 Å². The first-order valence-corrected chi connectivity index (χ1v) is 6.10. The van der Waals surface area contributed by atoms with Gasteiger partial charge in [-0.15, -0.1) is 0 Å². The average Bonchev–Trinajstić information content (AvgIpc) is 2.43. The molecular formula is C14H19FN2O2. The van der Waals surface area contributed by atoms with Gasteiger partial charge >= 0.3 is 0 Å². The van der Waals surface area contributed by atoms with Crippen molar-refractivity contribution in [2.75, 3.05) is 40.5 Å². The molecule has 0 N–H and O–H groups in total. The van der Waals surface area contributed by atoms with Crippen LogP contribution in [0, 0.1) is 17.1 Å². The number of benzene rings is 1. The summed E-state index contributed by atoms with van der Waals surface area (Å²) < 4.78 is 23.8. The number of halogens is 1. The van der Waals surface area contributed by atoms with E-state index in [2.05, 4.69) is 6.07 Å². The van der Waals surface area contributed by atoms with E-state index >= 15 is 0 Å². The maximum absolute atomic E-state index is 13.8. The Labute approximate surface area is 113 Å². The Morgan fingerprint density at radius 2 is 1.79 bits per heavy atom. The molecule has 1 rings (SSSR count). The fourth-order valence-corrected chi connectivity index (χ4v) is 1.83. The maximum Gasteiger partial charge on any atom is 0.129 e. The van der Waals surface area contributed by atoms with Crippen LogP contribution in [-0.4, -0.2) is 45.4 Å². The van der Waals surface area contributed by atoms with Gasteiger partial charge in [-0.2, -0.15) is 5.26 Å². The normalized spacial score (nSPS) is 12.4. The standard InChI is InChI=1S/C14H19FN2O2/c1-18-9-7-17(8-10-19-2)14(11-16)12-5-3-4-6-13(12)15/h3-6,14H,7-10H2,1-2H3. The smallest absolute Gasteiger partial charge is 0.129 e. The Balaban J connectivity index is 2.89. The lowest BCUT2D eigenvalue weighted by molar-refractivity contribution is 0.0999. The van der Waals surface area contributed by atoms with Crippen molar-refractivity contribution in [3.8, 4) is 6.07 Å². The molecule has 104 valence electrons. The third-order valence-electron chi connectivity index (χ3n) is 2.85. The zero-order valence-electron chi connectivity index (χ0n) is 11.3. The van der Waals surface area contributed by atoms with Crippen molar-refractivity contribution in [1.82, 2.24) is 4.90 Å². The molecule has 0 fully saturated rings. The van der Waals surface area contributed by atoms with Crippen molar-refractivity contribution < 1.29 is 13.9 Å². The third-order valence-corrected chi connectivity index (χ3v) is 2.85. The fraction of sp³-hybridized carbons (Fsp3) is 0.500. The minimum atomic E-state index is -0.633. The molecule has 0 saturated carbocycles. The Morgan fingerprint density at radius 1 is 1.21 bits per heavy atom. The van der Waals surface area contributed by atoms with Crippen molar-refractivity contribution in [3.05, 3.63) is 35.6 Å². The molecule has 1 unspecified atom stereocenters. The highest BCUT2D eigenvalue weighted by Crippen LogP contribution is 2.22. The molecule has 0 heterocycles. The lowest BCUT2D eigenvalue weighted by Gasteiger charge is -2.27. The monoisotopic (exact) mass is 266 g/mol. The van der Waals surface area contributed by atoms with Crippen LogP contribution in [0.3, 0.4) is 0 Å². The van der Waals surface area contributed by atoms with Crippen LogP contribution in [0.15, 0.2) is 24.3 Å². The molecule has 0 spiro atoms. The molecule has 0 saturated heterocycles. The number of hydrogen-bond acceptors (Lipinski definition) is 4. The summed E-state index contributed by atoms with van der Waals surface area (Å²) in [5, 5.41) is 9.33. The first kappa shape index (κ1) is 15.6. The van der Waals surface area contributed by atoms with Gasteiger partial charge in [-0.3, -0.25) is 4.90 Å². The predicted octanol–water partition coefficient (Wildman–Crippen LogP) is 1.99. The number of rotatable bonds is 8. The highest BCUT2D eigenvalue weighted by molar-refractivity contribution is 5.25. The van der Waals surface area contributed by atoms with Crippen LogP contribution in [0.1, 0.15) is 11.6 Å². The summed E-state index contributed by atoms with van der Waals surface area (Å²) in [6, 6.07) is 7.86. The summed E-state index contributed by atoms with van der Waals surface area (Å²) in [7, 11) is 3.19. The van der Waals surface area contributed by atoms with Crippen molar-refractivity contribution in [3.63, 3.8) is 0 Å². The van der Waals surface area contributed by atoms with Crippen LogP contribution in [0.5, 0.6) is 0 Å². The van der Waals surface area contributed by atoms with Crippen molar-refractivity contribution >= 4 is 0 Å². The van der Waals surface area contributed by atoms with Crippen LogP contribution >= 0.6 is 0 Å². The van der Waals surface area contributed by atoms with Gasteiger partial charge < -0.3 is 9.47 Å². The first-order valence-electron chi connectivity index (χ1n) is 6.10. The second kappa shape index (κ2) is 8.59. The van der Waals surface area contributed by atoms with E-state index in [4.69, 9.17) is 9.47 Å². The largest absolute Gasteiger partial charge is 0.383 e. The first-order chi connectivity index (χ1) is 9.24. The summed E-state index contributed by atoms with van der Waals surface area (Å²) in [5.41, 5.74) is 0.386.